The van der Waals surface area contributed by atoms with Gasteiger partial charge in [0, 0.05) is 18.6 Å². The molecular weight excluding hydrogens is 114 g/mol. The van der Waals surface area contributed by atoms with E-state index in [2.05, 4.69) is 6.92 Å². The first kappa shape index (κ1) is 6.99. The lowest BCUT2D eigenvalue weighted by Gasteiger charge is -2.32. The summed E-state index contributed by atoms with van der Waals surface area (Å²) in [5.41, 5.74) is 5.67. The molecule has 4 N–H and O–H groups in total. The fourth-order valence-corrected chi connectivity index (χ4v) is 1.16. The molecule has 54 valence electrons. The Kier molecular flexibility index (Phi) is 2.05. The number of hydrazine groups is 1. The molecule has 0 aromatic heterocycles. The summed E-state index contributed by atoms with van der Waals surface area (Å²) in [6.07, 6.45) is 2.26. The highest BCUT2D eigenvalue weighted by molar-refractivity contribution is 4.76. The topological polar surface area (TPSA) is 55.3 Å². The minimum Gasteiger partial charge on any atom is -0.326 e. The van der Waals surface area contributed by atoms with Crippen molar-refractivity contribution in [2.45, 2.75) is 31.8 Å². The van der Waals surface area contributed by atoms with E-state index in [1.807, 2.05) is 5.01 Å². The largest absolute Gasteiger partial charge is 0.326 e. The molecule has 1 fully saturated rings. The van der Waals surface area contributed by atoms with E-state index in [9.17, 15) is 0 Å². The maximum Gasteiger partial charge on any atom is 0.0283 e. The molecule has 0 spiro atoms. The van der Waals surface area contributed by atoms with Crippen molar-refractivity contribution in [3.63, 3.8) is 0 Å². The fraction of sp³-hybridized carbons (Fsp3) is 1.00. The van der Waals surface area contributed by atoms with Crippen LogP contribution in [0.5, 0.6) is 0 Å². The lowest BCUT2D eigenvalue weighted by molar-refractivity contribution is 0.148. The molecule has 0 radical (unpaired) electrons. The number of hydrogen-bond acceptors (Lipinski definition) is 3. The summed E-state index contributed by atoms with van der Waals surface area (Å²) in [5.74, 6) is 5.62. The zero-order valence-corrected chi connectivity index (χ0v) is 5.88. The van der Waals surface area contributed by atoms with Crippen LogP contribution in [0.15, 0.2) is 0 Å². The van der Waals surface area contributed by atoms with Crippen LogP contribution in [0.2, 0.25) is 0 Å². The predicted octanol–water partition coefficient (Wildman–Crippen LogP) is -0.328. The molecule has 1 aliphatic rings. The third-order valence-corrected chi connectivity index (χ3v) is 1.97. The van der Waals surface area contributed by atoms with E-state index in [-0.39, 0.29) is 0 Å². The van der Waals surface area contributed by atoms with Gasteiger partial charge in [-0.15, -0.1) is 0 Å². The molecule has 0 aromatic rings. The van der Waals surface area contributed by atoms with E-state index in [4.69, 9.17) is 11.6 Å². The smallest absolute Gasteiger partial charge is 0.0283 e. The van der Waals surface area contributed by atoms with Gasteiger partial charge in [0.2, 0.25) is 0 Å². The second-order valence-corrected chi connectivity index (χ2v) is 2.88. The Morgan fingerprint density at radius 3 is 2.56 bits per heavy atom. The Balaban J connectivity index is 2.35. The summed E-state index contributed by atoms with van der Waals surface area (Å²) in [4.78, 5) is 0. The first-order valence-corrected chi connectivity index (χ1v) is 3.47. The van der Waals surface area contributed by atoms with Gasteiger partial charge in [-0.25, -0.2) is 5.01 Å². The summed E-state index contributed by atoms with van der Waals surface area (Å²) in [6.45, 7) is 2.98. The Bertz CT molecular complexity index is 94.3. The Morgan fingerprint density at radius 2 is 2.11 bits per heavy atom. The highest BCUT2D eigenvalue weighted by Gasteiger charge is 2.19. The minimum absolute atomic E-state index is 0.297. The SMILES string of the molecule is C[C@H]1CC[C@@H](N)CN1N. The molecule has 1 saturated heterocycles. The van der Waals surface area contributed by atoms with Crippen LogP contribution < -0.4 is 11.6 Å². The molecule has 3 heteroatoms. The van der Waals surface area contributed by atoms with Crippen LogP contribution >= 0.6 is 0 Å². The molecule has 1 heterocycles. The molecule has 0 saturated carbocycles. The molecule has 3 nitrogen and oxygen atoms in total. The van der Waals surface area contributed by atoms with Crippen LogP contribution in [0.4, 0.5) is 0 Å². The maximum absolute atomic E-state index is 5.67. The average Bonchev–Trinajstić information content (AvgIpc) is 1.80. The summed E-state index contributed by atoms with van der Waals surface area (Å²) in [6, 6.07) is 0.816. The van der Waals surface area contributed by atoms with Crippen LogP contribution in [-0.4, -0.2) is 23.6 Å². The molecule has 9 heavy (non-hydrogen) atoms. The zero-order valence-electron chi connectivity index (χ0n) is 5.88. The van der Waals surface area contributed by atoms with Crippen LogP contribution in [0.1, 0.15) is 19.8 Å². The van der Waals surface area contributed by atoms with Crippen LogP contribution in [-0.2, 0) is 0 Å². The van der Waals surface area contributed by atoms with E-state index < -0.39 is 0 Å². The third-order valence-electron chi connectivity index (χ3n) is 1.97. The number of nitrogens with zero attached hydrogens (tertiary/aromatic N) is 1. The standard InChI is InChI=1S/C6H15N3/c1-5-2-3-6(7)4-9(5)8/h5-6H,2-4,7-8H2,1H3/t5-,6+/m0/s1. The molecule has 0 unspecified atom stereocenters. The Hall–Kier alpha value is -0.120. The predicted molar refractivity (Wildman–Crippen MR) is 37.6 cm³/mol. The minimum atomic E-state index is 0.297. The zero-order chi connectivity index (χ0) is 6.85. The van der Waals surface area contributed by atoms with E-state index >= 15 is 0 Å². The fourth-order valence-electron chi connectivity index (χ4n) is 1.16. The van der Waals surface area contributed by atoms with Crippen molar-refractivity contribution >= 4 is 0 Å². The first-order chi connectivity index (χ1) is 4.20. The highest BCUT2D eigenvalue weighted by Crippen LogP contribution is 2.11. The van der Waals surface area contributed by atoms with Crippen molar-refractivity contribution in [3.8, 4) is 0 Å². The van der Waals surface area contributed by atoms with Gasteiger partial charge in [0.05, 0.1) is 0 Å². The Morgan fingerprint density at radius 1 is 1.44 bits per heavy atom. The summed E-state index contributed by atoms with van der Waals surface area (Å²) >= 11 is 0. The van der Waals surface area contributed by atoms with E-state index in [1.165, 1.54) is 0 Å². The molecule has 0 aliphatic carbocycles. The number of piperidine rings is 1. The van der Waals surface area contributed by atoms with Gasteiger partial charge in [0.15, 0.2) is 0 Å². The number of rotatable bonds is 0. The van der Waals surface area contributed by atoms with Gasteiger partial charge in [0.1, 0.15) is 0 Å². The van der Waals surface area contributed by atoms with Gasteiger partial charge in [-0.3, -0.25) is 5.84 Å². The molecule has 0 aromatic carbocycles. The van der Waals surface area contributed by atoms with Gasteiger partial charge in [-0.05, 0) is 19.8 Å². The van der Waals surface area contributed by atoms with E-state index in [0.29, 0.717) is 12.1 Å². The van der Waals surface area contributed by atoms with Crippen molar-refractivity contribution < 1.29 is 0 Å². The number of nitrogens with two attached hydrogens (primary N) is 2. The lowest BCUT2D eigenvalue weighted by atomic mass is 10.0. The van der Waals surface area contributed by atoms with Crippen LogP contribution in [0.3, 0.4) is 0 Å². The van der Waals surface area contributed by atoms with Gasteiger partial charge in [-0.2, -0.15) is 0 Å². The second-order valence-electron chi connectivity index (χ2n) is 2.88. The first-order valence-electron chi connectivity index (χ1n) is 3.47. The molecule has 0 amide bonds. The maximum atomic E-state index is 5.67. The van der Waals surface area contributed by atoms with Crippen molar-refractivity contribution in [2.75, 3.05) is 6.54 Å². The average molecular weight is 129 g/mol. The highest BCUT2D eigenvalue weighted by atomic mass is 15.4. The van der Waals surface area contributed by atoms with Crippen molar-refractivity contribution in [2.24, 2.45) is 11.6 Å². The molecule has 1 rings (SSSR count). The molecule has 1 aliphatic heterocycles. The monoisotopic (exact) mass is 129 g/mol. The van der Waals surface area contributed by atoms with Crippen molar-refractivity contribution in [3.05, 3.63) is 0 Å². The van der Waals surface area contributed by atoms with Gasteiger partial charge >= 0.3 is 0 Å². The van der Waals surface area contributed by atoms with Gasteiger partial charge in [-0.1, -0.05) is 0 Å². The summed E-state index contributed by atoms with van der Waals surface area (Å²) < 4.78 is 0. The Labute approximate surface area is 56.0 Å². The van der Waals surface area contributed by atoms with Crippen LogP contribution in [0, 0.1) is 0 Å². The number of hydrogen-bond donors (Lipinski definition) is 2. The third kappa shape index (κ3) is 1.64. The van der Waals surface area contributed by atoms with E-state index in [0.717, 1.165) is 19.4 Å². The second kappa shape index (κ2) is 2.64. The van der Waals surface area contributed by atoms with E-state index in [1.54, 1.807) is 0 Å². The van der Waals surface area contributed by atoms with Gasteiger partial charge in [0.25, 0.3) is 0 Å². The normalized spacial score (nSPS) is 39.0. The summed E-state index contributed by atoms with van der Waals surface area (Å²) in [7, 11) is 0. The molecule has 0 bridgehead atoms. The van der Waals surface area contributed by atoms with Gasteiger partial charge < -0.3 is 5.73 Å². The lowest BCUT2D eigenvalue weighted by Crippen LogP contribution is -2.50. The van der Waals surface area contributed by atoms with Crippen molar-refractivity contribution in [1.29, 1.82) is 0 Å². The van der Waals surface area contributed by atoms with Crippen molar-refractivity contribution in [1.82, 2.24) is 5.01 Å². The molecule has 2 atom stereocenters. The quantitative estimate of drug-likeness (QED) is 0.440. The summed E-state index contributed by atoms with van der Waals surface area (Å²) in [5, 5.41) is 1.83. The van der Waals surface area contributed by atoms with Crippen LogP contribution in [0.25, 0.3) is 0 Å². The molecular formula is C6H15N3.